The van der Waals surface area contributed by atoms with Gasteiger partial charge in [-0.15, -0.1) is 6.58 Å². The first-order chi connectivity index (χ1) is 6.28. The number of hydrogen-bond acceptors (Lipinski definition) is 1. The van der Waals surface area contributed by atoms with E-state index in [9.17, 15) is 4.79 Å². The maximum absolute atomic E-state index is 11.3. The average Bonchev–Trinajstić information content (AvgIpc) is 2.01. The van der Waals surface area contributed by atoms with Crippen LogP contribution >= 0.6 is 0 Å². The summed E-state index contributed by atoms with van der Waals surface area (Å²) >= 11 is 0. The Balaban J connectivity index is 2.11. The first kappa shape index (κ1) is 8.74. The van der Waals surface area contributed by atoms with Gasteiger partial charge in [-0.05, 0) is 31.1 Å². The number of fused-ring (bicyclic) bond motifs is 2. The Kier molecular flexibility index (Phi) is 2.34. The zero-order valence-corrected chi connectivity index (χ0v) is 7.96. The van der Waals surface area contributed by atoms with E-state index in [1.807, 2.05) is 6.08 Å². The highest BCUT2D eigenvalue weighted by Gasteiger charge is 2.29. The van der Waals surface area contributed by atoms with Crippen LogP contribution in [-0.4, -0.2) is 5.78 Å². The van der Waals surface area contributed by atoms with Crippen molar-refractivity contribution in [2.45, 2.75) is 32.1 Å². The van der Waals surface area contributed by atoms with Gasteiger partial charge in [-0.1, -0.05) is 17.7 Å². The van der Waals surface area contributed by atoms with Crippen molar-refractivity contribution in [2.24, 2.45) is 11.8 Å². The van der Waals surface area contributed by atoms with Crippen molar-refractivity contribution in [1.82, 2.24) is 0 Å². The molecule has 2 aliphatic rings. The number of rotatable bonds is 2. The molecule has 1 nitrogen and oxygen atoms in total. The van der Waals surface area contributed by atoms with Crippen molar-refractivity contribution in [2.75, 3.05) is 0 Å². The van der Waals surface area contributed by atoms with Gasteiger partial charge < -0.3 is 0 Å². The summed E-state index contributed by atoms with van der Waals surface area (Å²) in [5, 5.41) is 0. The van der Waals surface area contributed by atoms with Crippen molar-refractivity contribution in [3.63, 3.8) is 0 Å². The van der Waals surface area contributed by atoms with Crippen LogP contribution in [-0.2, 0) is 4.79 Å². The average molecular weight is 176 g/mol. The molecule has 13 heavy (non-hydrogen) atoms. The minimum atomic E-state index is 0.468. The number of ketones is 1. The molecule has 0 N–H and O–H groups in total. The molecule has 2 unspecified atom stereocenters. The second kappa shape index (κ2) is 3.49. The molecule has 0 heterocycles. The molecule has 0 radical (unpaired) electrons. The van der Waals surface area contributed by atoms with E-state index in [-0.39, 0.29) is 0 Å². The van der Waals surface area contributed by atoms with Crippen molar-refractivity contribution in [3.05, 3.63) is 24.3 Å². The maximum atomic E-state index is 11.3. The summed E-state index contributed by atoms with van der Waals surface area (Å²) in [4.78, 5) is 11.3. The summed E-state index contributed by atoms with van der Waals surface area (Å²) in [5.41, 5.74) is 1.50. The fourth-order valence-corrected chi connectivity index (χ4v) is 2.68. The Hall–Kier alpha value is -0.850. The van der Waals surface area contributed by atoms with E-state index < -0.39 is 0 Å². The Bertz CT molecular complexity index is 262. The lowest BCUT2D eigenvalue weighted by Crippen LogP contribution is -2.25. The van der Waals surface area contributed by atoms with Gasteiger partial charge >= 0.3 is 0 Å². The molecule has 1 fully saturated rings. The molecular weight excluding hydrogens is 160 g/mol. The SMILES string of the molecule is C=CCC1=CC2CC(=O)CC(C1)C2. The van der Waals surface area contributed by atoms with Crippen molar-refractivity contribution < 1.29 is 4.79 Å². The lowest BCUT2D eigenvalue weighted by atomic mass is 9.72. The van der Waals surface area contributed by atoms with Gasteiger partial charge in [-0.2, -0.15) is 0 Å². The highest BCUT2D eigenvalue weighted by atomic mass is 16.1. The summed E-state index contributed by atoms with van der Waals surface area (Å²) in [7, 11) is 0. The van der Waals surface area contributed by atoms with Gasteiger partial charge in [0.05, 0.1) is 0 Å². The van der Waals surface area contributed by atoms with E-state index in [1.54, 1.807) is 0 Å². The molecule has 0 spiro atoms. The van der Waals surface area contributed by atoms with Gasteiger partial charge in [0.2, 0.25) is 0 Å². The smallest absolute Gasteiger partial charge is 0.133 e. The molecule has 0 saturated heterocycles. The second-order valence-corrected chi connectivity index (χ2v) is 4.33. The highest BCUT2D eigenvalue weighted by Crippen LogP contribution is 2.38. The van der Waals surface area contributed by atoms with E-state index in [1.165, 1.54) is 12.0 Å². The molecule has 0 aromatic carbocycles. The third-order valence-electron chi connectivity index (χ3n) is 3.07. The molecule has 2 atom stereocenters. The molecule has 70 valence electrons. The zero-order valence-electron chi connectivity index (χ0n) is 7.96. The van der Waals surface area contributed by atoms with Gasteiger partial charge in [-0.3, -0.25) is 4.79 Å². The largest absolute Gasteiger partial charge is 0.300 e. The van der Waals surface area contributed by atoms with Crippen LogP contribution in [0, 0.1) is 11.8 Å². The molecule has 1 heteroatoms. The van der Waals surface area contributed by atoms with Gasteiger partial charge in [0.25, 0.3) is 0 Å². The van der Waals surface area contributed by atoms with Gasteiger partial charge in [0.15, 0.2) is 0 Å². The number of Topliss-reactive ketones (excluding diaryl/α,β-unsaturated/α-hetero) is 1. The lowest BCUT2D eigenvalue weighted by Gasteiger charge is -2.32. The molecule has 0 aromatic rings. The first-order valence-corrected chi connectivity index (χ1v) is 5.10. The normalized spacial score (nSPS) is 32.6. The van der Waals surface area contributed by atoms with E-state index in [0.29, 0.717) is 17.6 Å². The van der Waals surface area contributed by atoms with Crippen LogP contribution in [0.2, 0.25) is 0 Å². The zero-order chi connectivity index (χ0) is 9.26. The molecule has 0 amide bonds. The third-order valence-corrected chi connectivity index (χ3v) is 3.07. The Morgan fingerprint density at radius 2 is 2.31 bits per heavy atom. The van der Waals surface area contributed by atoms with Crippen LogP contribution in [0.1, 0.15) is 32.1 Å². The Morgan fingerprint density at radius 3 is 3.00 bits per heavy atom. The fraction of sp³-hybridized carbons (Fsp3) is 0.583. The number of allylic oxidation sites excluding steroid dienone is 3. The van der Waals surface area contributed by atoms with Crippen LogP contribution < -0.4 is 0 Å². The van der Waals surface area contributed by atoms with Gasteiger partial charge in [0, 0.05) is 12.8 Å². The quantitative estimate of drug-likeness (QED) is 0.591. The number of hydrogen-bond donors (Lipinski definition) is 0. The molecule has 0 aromatic heterocycles. The minimum absolute atomic E-state index is 0.468. The minimum Gasteiger partial charge on any atom is -0.300 e. The second-order valence-electron chi connectivity index (χ2n) is 4.33. The van der Waals surface area contributed by atoms with E-state index in [4.69, 9.17) is 0 Å². The summed E-state index contributed by atoms with van der Waals surface area (Å²) in [5.74, 6) is 1.66. The van der Waals surface area contributed by atoms with Gasteiger partial charge in [-0.25, -0.2) is 0 Å². The molecule has 2 rings (SSSR count). The van der Waals surface area contributed by atoms with E-state index >= 15 is 0 Å². The van der Waals surface area contributed by atoms with Crippen LogP contribution in [0.4, 0.5) is 0 Å². The molecule has 2 aliphatic carbocycles. The van der Waals surface area contributed by atoms with Crippen LogP contribution in [0.15, 0.2) is 24.3 Å². The van der Waals surface area contributed by atoms with Crippen molar-refractivity contribution in [1.29, 1.82) is 0 Å². The van der Waals surface area contributed by atoms with E-state index in [2.05, 4.69) is 12.7 Å². The summed E-state index contributed by atoms with van der Waals surface area (Å²) in [6.07, 6.45) is 9.29. The van der Waals surface area contributed by atoms with Crippen LogP contribution in [0.25, 0.3) is 0 Å². The predicted octanol–water partition coefficient (Wildman–Crippen LogP) is 2.88. The number of carbonyl (C=O) groups is 1. The Labute approximate surface area is 79.5 Å². The molecule has 0 aliphatic heterocycles. The summed E-state index contributed by atoms with van der Waals surface area (Å²) in [6.45, 7) is 3.76. The molecule has 2 bridgehead atoms. The Morgan fingerprint density at radius 1 is 1.46 bits per heavy atom. The lowest BCUT2D eigenvalue weighted by molar-refractivity contribution is -0.122. The predicted molar refractivity (Wildman–Crippen MR) is 53.4 cm³/mol. The highest BCUT2D eigenvalue weighted by molar-refractivity contribution is 5.80. The van der Waals surface area contributed by atoms with Gasteiger partial charge in [0.1, 0.15) is 5.78 Å². The van der Waals surface area contributed by atoms with Crippen LogP contribution in [0.5, 0.6) is 0 Å². The first-order valence-electron chi connectivity index (χ1n) is 5.10. The number of carbonyl (C=O) groups excluding carboxylic acids is 1. The van der Waals surface area contributed by atoms with E-state index in [0.717, 1.165) is 25.7 Å². The van der Waals surface area contributed by atoms with Crippen LogP contribution in [0.3, 0.4) is 0 Å². The van der Waals surface area contributed by atoms with Crippen molar-refractivity contribution >= 4 is 5.78 Å². The fourth-order valence-electron chi connectivity index (χ4n) is 2.68. The monoisotopic (exact) mass is 176 g/mol. The maximum Gasteiger partial charge on any atom is 0.133 e. The topological polar surface area (TPSA) is 17.1 Å². The molecule has 1 saturated carbocycles. The van der Waals surface area contributed by atoms with Crippen molar-refractivity contribution in [3.8, 4) is 0 Å². The summed E-state index contributed by atoms with van der Waals surface area (Å²) < 4.78 is 0. The third kappa shape index (κ3) is 1.90. The molecular formula is C12H16O. The summed E-state index contributed by atoms with van der Waals surface area (Å²) in [6, 6.07) is 0. The standard InChI is InChI=1S/C12H16O/c1-2-3-9-4-10-6-11(5-9)8-12(13)7-10/h2,4,10-11H,1,3,5-8H2.